The summed E-state index contributed by atoms with van der Waals surface area (Å²) >= 11 is 0. The van der Waals surface area contributed by atoms with Gasteiger partial charge in [-0.1, -0.05) is 20.3 Å². The van der Waals surface area contributed by atoms with Crippen molar-refractivity contribution in [2.75, 3.05) is 6.54 Å². The third kappa shape index (κ3) is 3.73. The van der Waals surface area contributed by atoms with Gasteiger partial charge in [0.05, 0.1) is 0 Å². The van der Waals surface area contributed by atoms with Gasteiger partial charge < -0.3 is 0 Å². The van der Waals surface area contributed by atoms with Crippen molar-refractivity contribution in [1.29, 1.82) is 0 Å². The topological polar surface area (TPSA) is 12.0 Å². The molecule has 44 valence electrons. The average Bonchev–Trinajstić information content (AvgIpc) is 1.68. The maximum Gasteiger partial charge on any atom is 0.0285 e. The summed E-state index contributed by atoms with van der Waals surface area (Å²) in [4.78, 5) is 0. The van der Waals surface area contributed by atoms with Crippen LogP contribution in [0.15, 0.2) is 0 Å². The van der Waals surface area contributed by atoms with E-state index in [1.807, 2.05) is 13.8 Å². The van der Waals surface area contributed by atoms with Gasteiger partial charge in [0.2, 0.25) is 0 Å². The highest BCUT2D eigenvalue weighted by molar-refractivity contribution is 4.46. The van der Waals surface area contributed by atoms with Crippen LogP contribution in [0.1, 0.15) is 20.3 Å². The zero-order valence-electron chi connectivity index (χ0n) is 4.87. The molecule has 0 bridgehead atoms. The van der Waals surface area contributed by atoms with Gasteiger partial charge in [-0.05, 0) is 5.92 Å². The first kappa shape index (κ1) is 6.89. The van der Waals surface area contributed by atoms with Gasteiger partial charge >= 0.3 is 0 Å². The van der Waals surface area contributed by atoms with Crippen molar-refractivity contribution in [1.82, 2.24) is 5.54 Å². The Labute approximate surface area is 43.8 Å². The Morgan fingerprint density at radius 3 is 2.43 bits per heavy atom. The van der Waals surface area contributed by atoms with Crippen molar-refractivity contribution in [2.24, 2.45) is 5.92 Å². The van der Waals surface area contributed by atoms with Gasteiger partial charge in [0, 0.05) is 6.54 Å². The molecule has 0 aromatic carbocycles. The predicted molar refractivity (Wildman–Crippen MR) is 28.6 cm³/mol. The molecule has 0 radical (unpaired) electrons. The van der Waals surface area contributed by atoms with E-state index in [1.165, 1.54) is 0 Å². The van der Waals surface area contributed by atoms with Crippen molar-refractivity contribution in [3.63, 3.8) is 0 Å². The standard InChI is InChI=1S/C5H12FN/c1-3-5(2)4-7-6/h5,7H,3-4H2,1-2H3. The van der Waals surface area contributed by atoms with Crippen LogP contribution in [-0.4, -0.2) is 6.54 Å². The summed E-state index contributed by atoms with van der Waals surface area (Å²) in [6.45, 7) is 4.53. The van der Waals surface area contributed by atoms with Crippen molar-refractivity contribution in [3.8, 4) is 0 Å². The lowest BCUT2D eigenvalue weighted by Crippen LogP contribution is -2.11. The van der Waals surface area contributed by atoms with Gasteiger partial charge in [0.15, 0.2) is 0 Å². The summed E-state index contributed by atoms with van der Waals surface area (Å²) < 4.78 is 11.2. The molecule has 1 unspecified atom stereocenters. The second-order valence-corrected chi connectivity index (χ2v) is 1.85. The lowest BCUT2D eigenvalue weighted by Gasteiger charge is -2.01. The Balaban J connectivity index is 2.83. The molecular formula is C5H12FN. The van der Waals surface area contributed by atoms with Crippen LogP contribution < -0.4 is 5.54 Å². The molecule has 2 heteroatoms. The molecule has 0 aromatic rings. The van der Waals surface area contributed by atoms with Crippen molar-refractivity contribution in [3.05, 3.63) is 0 Å². The first-order valence-corrected chi connectivity index (χ1v) is 2.64. The lowest BCUT2D eigenvalue weighted by atomic mass is 10.1. The van der Waals surface area contributed by atoms with E-state index in [0.29, 0.717) is 12.5 Å². The summed E-state index contributed by atoms with van der Waals surface area (Å²) in [5.74, 6) is 0.463. The monoisotopic (exact) mass is 105 g/mol. The summed E-state index contributed by atoms with van der Waals surface area (Å²) in [6, 6.07) is 0. The second-order valence-electron chi connectivity index (χ2n) is 1.85. The molecule has 0 aliphatic carbocycles. The molecule has 0 aliphatic rings. The molecule has 1 atom stereocenters. The van der Waals surface area contributed by atoms with Crippen LogP contribution in [0.5, 0.6) is 0 Å². The molecule has 0 fully saturated rings. The maximum absolute atomic E-state index is 11.2. The minimum absolute atomic E-state index is 0.463. The first-order valence-electron chi connectivity index (χ1n) is 2.64. The van der Waals surface area contributed by atoms with Crippen LogP contribution in [0, 0.1) is 5.92 Å². The van der Waals surface area contributed by atoms with Crippen LogP contribution in [0.25, 0.3) is 0 Å². The van der Waals surface area contributed by atoms with Crippen LogP contribution in [-0.2, 0) is 0 Å². The molecule has 1 N–H and O–H groups in total. The smallest absolute Gasteiger partial charge is 0.0285 e. The molecule has 0 spiro atoms. The summed E-state index contributed by atoms with van der Waals surface area (Å²) in [7, 11) is 0. The van der Waals surface area contributed by atoms with E-state index in [2.05, 4.69) is 0 Å². The molecule has 0 aromatic heterocycles. The van der Waals surface area contributed by atoms with Crippen molar-refractivity contribution >= 4 is 0 Å². The Morgan fingerprint density at radius 1 is 1.71 bits per heavy atom. The SMILES string of the molecule is CCC(C)CNF. The predicted octanol–water partition coefficient (Wildman–Crippen LogP) is 1.51. The number of rotatable bonds is 3. The third-order valence-corrected chi connectivity index (χ3v) is 1.12. The highest BCUT2D eigenvalue weighted by Gasteiger charge is 1.93. The van der Waals surface area contributed by atoms with Gasteiger partial charge in [-0.3, -0.25) is 0 Å². The summed E-state index contributed by atoms with van der Waals surface area (Å²) in [6.07, 6.45) is 1.04. The Bertz CT molecular complexity index is 39.1. The molecule has 0 aliphatic heterocycles. The molecule has 0 saturated heterocycles. The van der Waals surface area contributed by atoms with E-state index < -0.39 is 0 Å². The van der Waals surface area contributed by atoms with Crippen LogP contribution >= 0.6 is 0 Å². The molecule has 1 nitrogen and oxygen atoms in total. The molecule has 0 amide bonds. The van der Waals surface area contributed by atoms with E-state index in [1.54, 1.807) is 5.54 Å². The van der Waals surface area contributed by atoms with E-state index in [4.69, 9.17) is 0 Å². The normalized spacial score (nSPS) is 14.1. The number of hydrogen-bond donors (Lipinski definition) is 1. The Kier molecular flexibility index (Phi) is 4.00. The summed E-state index contributed by atoms with van der Waals surface area (Å²) in [5, 5.41) is 0. The zero-order chi connectivity index (χ0) is 5.70. The largest absolute Gasteiger partial charge is 0.159 e. The van der Waals surface area contributed by atoms with Gasteiger partial charge in [-0.25, -0.2) is 0 Å². The highest BCUT2D eigenvalue weighted by Crippen LogP contribution is 1.96. The number of nitrogens with one attached hydrogen (secondary N) is 1. The Hall–Kier alpha value is -0.110. The minimum Gasteiger partial charge on any atom is -0.159 e. The van der Waals surface area contributed by atoms with E-state index >= 15 is 0 Å². The van der Waals surface area contributed by atoms with Crippen molar-refractivity contribution < 1.29 is 4.48 Å². The highest BCUT2D eigenvalue weighted by atomic mass is 19.2. The average molecular weight is 105 g/mol. The number of hydrogen-bond acceptors (Lipinski definition) is 1. The van der Waals surface area contributed by atoms with E-state index in [0.717, 1.165) is 6.42 Å². The summed E-state index contributed by atoms with van der Waals surface area (Å²) in [5.41, 5.74) is 1.62. The van der Waals surface area contributed by atoms with E-state index in [9.17, 15) is 4.48 Å². The maximum atomic E-state index is 11.2. The lowest BCUT2D eigenvalue weighted by molar-refractivity contribution is 0.298. The van der Waals surface area contributed by atoms with Gasteiger partial charge in [0.1, 0.15) is 0 Å². The Morgan fingerprint density at radius 2 is 2.29 bits per heavy atom. The third-order valence-electron chi connectivity index (χ3n) is 1.12. The van der Waals surface area contributed by atoms with Crippen LogP contribution in [0.2, 0.25) is 0 Å². The fraction of sp³-hybridized carbons (Fsp3) is 1.00. The van der Waals surface area contributed by atoms with Crippen LogP contribution in [0.4, 0.5) is 4.48 Å². The van der Waals surface area contributed by atoms with Gasteiger partial charge in [0.25, 0.3) is 0 Å². The fourth-order valence-corrected chi connectivity index (χ4v) is 0.276. The molecule has 0 heterocycles. The second kappa shape index (κ2) is 4.06. The molecule has 0 saturated carbocycles. The fourth-order valence-electron chi connectivity index (χ4n) is 0.276. The van der Waals surface area contributed by atoms with Crippen molar-refractivity contribution in [2.45, 2.75) is 20.3 Å². The quantitative estimate of drug-likeness (QED) is 0.536. The molecular weight excluding hydrogens is 93.1 g/mol. The molecule has 7 heavy (non-hydrogen) atoms. The first-order chi connectivity index (χ1) is 3.31. The number of halogens is 1. The van der Waals surface area contributed by atoms with Crippen LogP contribution in [0.3, 0.4) is 0 Å². The van der Waals surface area contributed by atoms with Gasteiger partial charge in [-0.2, -0.15) is 5.54 Å². The van der Waals surface area contributed by atoms with Gasteiger partial charge in [-0.15, -0.1) is 4.48 Å². The minimum atomic E-state index is 0.463. The zero-order valence-corrected chi connectivity index (χ0v) is 4.87. The van der Waals surface area contributed by atoms with E-state index in [-0.39, 0.29) is 0 Å². The molecule has 0 rings (SSSR count).